The van der Waals surface area contributed by atoms with Crippen molar-refractivity contribution in [2.24, 2.45) is 0 Å². The fourth-order valence-electron chi connectivity index (χ4n) is 0.676. The fourth-order valence-corrected chi connectivity index (χ4v) is 0.676. The highest BCUT2D eigenvalue weighted by atomic mass is 19.3. The Labute approximate surface area is 68.1 Å². The molecule has 0 aliphatic heterocycles. The van der Waals surface area contributed by atoms with Crippen LogP contribution in [0.1, 0.15) is 30.8 Å². The normalized spacial score (nSPS) is 13.4. The third-order valence-electron chi connectivity index (χ3n) is 1.32. The van der Waals surface area contributed by atoms with E-state index in [0.29, 0.717) is 0 Å². The number of aromatic nitrogens is 2. The van der Waals surface area contributed by atoms with Gasteiger partial charge in [0, 0.05) is 12.4 Å². The average molecular weight is 174 g/mol. The minimum Gasteiger partial charge on any atom is -0.385 e. The molecule has 1 aromatic heterocycles. The number of alkyl halides is 2. The van der Waals surface area contributed by atoms with Gasteiger partial charge < -0.3 is 5.11 Å². The first kappa shape index (κ1) is 8.99. The molecule has 1 rings (SSSR count). The van der Waals surface area contributed by atoms with Crippen molar-refractivity contribution in [1.82, 2.24) is 9.97 Å². The van der Waals surface area contributed by atoms with E-state index in [9.17, 15) is 8.78 Å². The van der Waals surface area contributed by atoms with Crippen LogP contribution in [0.4, 0.5) is 8.78 Å². The van der Waals surface area contributed by atoms with E-state index in [4.69, 9.17) is 5.11 Å². The Balaban J connectivity index is 2.86. The van der Waals surface area contributed by atoms with Crippen LogP contribution in [-0.4, -0.2) is 15.1 Å². The fraction of sp³-hybridized carbons (Fsp3) is 0.429. The molecular formula is C7H8F2N2O. The van der Waals surface area contributed by atoms with Crippen molar-refractivity contribution in [2.75, 3.05) is 0 Å². The average Bonchev–Trinajstić information content (AvgIpc) is 2.04. The lowest BCUT2D eigenvalue weighted by atomic mass is 10.3. The lowest BCUT2D eigenvalue weighted by Crippen LogP contribution is -2.00. The van der Waals surface area contributed by atoms with Gasteiger partial charge in [0.15, 0.2) is 5.82 Å². The summed E-state index contributed by atoms with van der Waals surface area (Å²) in [7, 11) is 0. The molecule has 12 heavy (non-hydrogen) atoms. The summed E-state index contributed by atoms with van der Waals surface area (Å²) in [5, 5.41) is 8.94. The van der Waals surface area contributed by atoms with Gasteiger partial charge in [-0.3, -0.25) is 0 Å². The standard InChI is InChI=1S/C7H8F2N2O/c1-4(12)7-10-2-5(3-11-7)6(8)9/h2-4,6,12H,1H3. The molecule has 0 radical (unpaired) electrons. The van der Waals surface area contributed by atoms with Crippen LogP contribution in [0.15, 0.2) is 12.4 Å². The summed E-state index contributed by atoms with van der Waals surface area (Å²) in [5.41, 5.74) is -0.237. The van der Waals surface area contributed by atoms with Crippen molar-refractivity contribution in [3.05, 3.63) is 23.8 Å². The van der Waals surface area contributed by atoms with Crippen molar-refractivity contribution >= 4 is 0 Å². The highest BCUT2D eigenvalue weighted by Crippen LogP contribution is 2.16. The van der Waals surface area contributed by atoms with Gasteiger partial charge in [-0.2, -0.15) is 0 Å². The molecular weight excluding hydrogens is 166 g/mol. The summed E-state index contributed by atoms with van der Waals surface area (Å²) in [6.45, 7) is 1.47. The highest BCUT2D eigenvalue weighted by Gasteiger charge is 2.09. The summed E-state index contributed by atoms with van der Waals surface area (Å²) in [6, 6.07) is 0. The molecule has 66 valence electrons. The first-order chi connectivity index (χ1) is 5.61. The van der Waals surface area contributed by atoms with Gasteiger partial charge in [-0.25, -0.2) is 18.7 Å². The minimum absolute atomic E-state index is 0.152. The minimum atomic E-state index is -2.56. The molecule has 0 spiro atoms. The second kappa shape index (κ2) is 3.53. The van der Waals surface area contributed by atoms with Crippen LogP contribution in [0.25, 0.3) is 0 Å². The first-order valence-electron chi connectivity index (χ1n) is 3.39. The third kappa shape index (κ3) is 1.94. The smallest absolute Gasteiger partial charge is 0.266 e. The van der Waals surface area contributed by atoms with Gasteiger partial charge in [-0.05, 0) is 6.92 Å². The topological polar surface area (TPSA) is 46.0 Å². The molecule has 1 heterocycles. The van der Waals surface area contributed by atoms with Crippen LogP contribution in [0.5, 0.6) is 0 Å². The zero-order chi connectivity index (χ0) is 9.14. The third-order valence-corrected chi connectivity index (χ3v) is 1.32. The van der Waals surface area contributed by atoms with Crippen LogP contribution in [0.3, 0.4) is 0 Å². The SMILES string of the molecule is CC(O)c1ncc(C(F)F)cn1. The largest absolute Gasteiger partial charge is 0.385 e. The summed E-state index contributed by atoms with van der Waals surface area (Å²) in [5.74, 6) is 0.152. The van der Waals surface area contributed by atoms with Crippen LogP contribution in [0, 0.1) is 0 Å². The van der Waals surface area contributed by atoms with Gasteiger partial charge in [-0.15, -0.1) is 0 Å². The van der Waals surface area contributed by atoms with E-state index in [-0.39, 0.29) is 11.4 Å². The Morgan fingerprint density at radius 3 is 2.17 bits per heavy atom. The quantitative estimate of drug-likeness (QED) is 0.738. The number of halogens is 2. The lowest BCUT2D eigenvalue weighted by Gasteiger charge is -2.02. The van der Waals surface area contributed by atoms with Crippen molar-refractivity contribution in [1.29, 1.82) is 0 Å². The maximum Gasteiger partial charge on any atom is 0.266 e. The molecule has 0 aromatic carbocycles. The van der Waals surface area contributed by atoms with Gasteiger partial charge in [-0.1, -0.05) is 0 Å². The van der Waals surface area contributed by atoms with Crippen LogP contribution >= 0.6 is 0 Å². The van der Waals surface area contributed by atoms with Crippen molar-refractivity contribution in [3.8, 4) is 0 Å². The molecule has 0 saturated heterocycles. The monoisotopic (exact) mass is 174 g/mol. The zero-order valence-corrected chi connectivity index (χ0v) is 6.41. The van der Waals surface area contributed by atoms with Gasteiger partial charge in [0.2, 0.25) is 0 Å². The molecule has 1 N–H and O–H groups in total. The highest BCUT2D eigenvalue weighted by molar-refractivity contribution is 5.07. The van der Waals surface area contributed by atoms with Crippen molar-refractivity contribution in [3.63, 3.8) is 0 Å². The number of aliphatic hydroxyl groups excluding tert-OH is 1. The molecule has 0 aliphatic rings. The number of aliphatic hydroxyl groups is 1. The molecule has 0 aliphatic carbocycles. The Morgan fingerprint density at radius 2 is 1.83 bits per heavy atom. The summed E-state index contributed by atoms with van der Waals surface area (Å²) in [6.07, 6.45) is -1.36. The van der Waals surface area contributed by atoms with E-state index < -0.39 is 12.5 Å². The summed E-state index contributed by atoms with van der Waals surface area (Å²) in [4.78, 5) is 7.12. The van der Waals surface area contributed by atoms with Gasteiger partial charge in [0.25, 0.3) is 6.43 Å². The molecule has 0 fully saturated rings. The molecule has 1 aromatic rings. The maximum atomic E-state index is 12.0. The van der Waals surface area contributed by atoms with E-state index in [2.05, 4.69) is 9.97 Å². The number of rotatable bonds is 2. The number of hydrogen-bond acceptors (Lipinski definition) is 3. The molecule has 5 heteroatoms. The van der Waals surface area contributed by atoms with E-state index in [1.807, 2.05) is 0 Å². The molecule has 1 atom stereocenters. The predicted molar refractivity (Wildman–Crippen MR) is 37.6 cm³/mol. The van der Waals surface area contributed by atoms with Crippen molar-refractivity contribution < 1.29 is 13.9 Å². The zero-order valence-electron chi connectivity index (χ0n) is 6.41. The van der Waals surface area contributed by atoms with Crippen LogP contribution < -0.4 is 0 Å². The summed E-state index contributed by atoms with van der Waals surface area (Å²) < 4.78 is 23.9. The Hall–Kier alpha value is -1.10. The number of nitrogens with zero attached hydrogens (tertiary/aromatic N) is 2. The molecule has 3 nitrogen and oxygen atoms in total. The first-order valence-corrected chi connectivity index (χ1v) is 3.39. The predicted octanol–water partition coefficient (Wildman–Crippen LogP) is 1.47. The van der Waals surface area contributed by atoms with Gasteiger partial charge in [0.05, 0.1) is 5.56 Å². The van der Waals surface area contributed by atoms with Crippen molar-refractivity contribution in [2.45, 2.75) is 19.5 Å². The lowest BCUT2D eigenvalue weighted by molar-refractivity contribution is 0.149. The molecule has 0 amide bonds. The Morgan fingerprint density at radius 1 is 1.33 bits per heavy atom. The molecule has 0 saturated carbocycles. The summed E-state index contributed by atoms with van der Waals surface area (Å²) >= 11 is 0. The molecule has 0 bridgehead atoms. The number of hydrogen-bond donors (Lipinski definition) is 1. The van der Waals surface area contributed by atoms with E-state index in [1.54, 1.807) is 0 Å². The van der Waals surface area contributed by atoms with Gasteiger partial charge >= 0.3 is 0 Å². The van der Waals surface area contributed by atoms with E-state index in [0.717, 1.165) is 12.4 Å². The Kier molecular flexibility index (Phi) is 2.65. The molecule has 1 unspecified atom stereocenters. The Bertz CT molecular complexity index is 221. The second-order valence-corrected chi connectivity index (χ2v) is 2.35. The van der Waals surface area contributed by atoms with Crippen LogP contribution in [-0.2, 0) is 0 Å². The van der Waals surface area contributed by atoms with E-state index >= 15 is 0 Å². The second-order valence-electron chi connectivity index (χ2n) is 2.35. The maximum absolute atomic E-state index is 12.0. The van der Waals surface area contributed by atoms with E-state index in [1.165, 1.54) is 6.92 Å². The van der Waals surface area contributed by atoms with Crippen LogP contribution in [0.2, 0.25) is 0 Å². The van der Waals surface area contributed by atoms with Gasteiger partial charge in [0.1, 0.15) is 6.10 Å².